The van der Waals surface area contributed by atoms with Crippen molar-refractivity contribution < 1.29 is 24.2 Å². The predicted octanol–water partition coefficient (Wildman–Crippen LogP) is 5.65. The second-order valence-corrected chi connectivity index (χ2v) is 14.9. The number of unbranched alkanes of at least 4 members (excludes halogenated alkanes) is 1. The lowest BCUT2D eigenvalue weighted by Gasteiger charge is -2.39. The number of carbonyl (C=O) groups excluding carboxylic acids is 3. The van der Waals surface area contributed by atoms with Gasteiger partial charge in [0.25, 0.3) is 5.91 Å². The number of thioether (sulfide) groups is 1. The number of fused-ring (bicyclic) bond motifs is 1. The summed E-state index contributed by atoms with van der Waals surface area (Å²) in [6, 6.07) is 16.1. The number of benzene rings is 2. The van der Waals surface area contributed by atoms with E-state index in [0.717, 1.165) is 30.8 Å². The number of anilines is 2. The van der Waals surface area contributed by atoms with E-state index in [0.29, 0.717) is 31.4 Å². The van der Waals surface area contributed by atoms with Crippen molar-refractivity contribution in [1.82, 2.24) is 4.90 Å². The van der Waals surface area contributed by atoms with Crippen molar-refractivity contribution in [3.8, 4) is 0 Å². The maximum absolute atomic E-state index is 15.1. The van der Waals surface area contributed by atoms with Crippen LogP contribution in [-0.2, 0) is 25.5 Å². The number of esters is 1. The minimum atomic E-state index is -0.881. The maximum Gasteiger partial charge on any atom is 0.311 e. The molecule has 2 bridgehead atoms. The number of ether oxygens (including phenoxy) is 1. The number of amides is 2. The van der Waals surface area contributed by atoms with Crippen molar-refractivity contribution in [2.75, 3.05) is 42.6 Å². The molecule has 252 valence electrons. The van der Waals surface area contributed by atoms with Crippen LogP contribution in [-0.4, -0.2) is 82.2 Å². The van der Waals surface area contributed by atoms with E-state index in [1.165, 1.54) is 0 Å². The fourth-order valence-electron chi connectivity index (χ4n) is 8.05. The van der Waals surface area contributed by atoms with Crippen LogP contribution < -0.4 is 9.80 Å². The third kappa shape index (κ3) is 6.36. The lowest BCUT2D eigenvalue weighted by atomic mass is 9.66. The Morgan fingerprint density at radius 2 is 1.74 bits per heavy atom. The first-order chi connectivity index (χ1) is 22.7. The molecule has 3 fully saturated rings. The van der Waals surface area contributed by atoms with Gasteiger partial charge in [-0.15, -0.1) is 24.9 Å². The largest absolute Gasteiger partial charge is 0.465 e. The summed E-state index contributed by atoms with van der Waals surface area (Å²) in [5.74, 6) is -2.27. The molecule has 0 radical (unpaired) electrons. The number of carbonyl (C=O) groups is 3. The number of aliphatic hydroxyl groups excluding tert-OH is 1. The standard InChI is InChI=1S/C38H49N3O5S/c1-6-10-14-24-46-36(45)32-31-34(43)41(30(26-42)25-27-15-12-11-13-16-27)33(38(31)22-21-37(32,5)47-38)35(44)40(23-7-2)29-19-17-28(18-20-29)39(8-3)9-4/h6-7,11-13,15-20,30-33,42H,1-2,8-10,14,21-26H2,3-5H3/t30-,31+,32+,33?,37-,38?/m1/s1. The summed E-state index contributed by atoms with van der Waals surface area (Å²) in [4.78, 5) is 49.3. The summed E-state index contributed by atoms with van der Waals surface area (Å²) >= 11 is 1.61. The SMILES string of the molecule is C=CCCCOC(=O)[C@@H]1[C@H]2C(=O)N([C@@H](CO)Cc3ccccc3)C(C(=O)N(CC=C)c3ccc(N(CC)CC)cc3)C23CC[C@@]1(C)S3. The molecule has 47 heavy (non-hydrogen) atoms. The van der Waals surface area contributed by atoms with Crippen LogP contribution in [0.4, 0.5) is 11.4 Å². The van der Waals surface area contributed by atoms with Gasteiger partial charge < -0.3 is 24.5 Å². The minimum absolute atomic E-state index is 0.223. The van der Waals surface area contributed by atoms with E-state index >= 15 is 4.79 Å². The third-order valence-corrected chi connectivity index (χ3v) is 12.3. The molecule has 5 rings (SSSR count). The number of nitrogens with zero attached hydrogens (tertiary/aromatic N) is 3. The van der Waals surface area contributed by atoms with Crippen LogP contribution in [0.15, 0.2) is 79.9 Å². The Morgan fingerprint density at radius 3 is 2.36 bits per heavy atom. The first-order valence-electron chi connectivity index (χ1n) is 16.9. The Bertz CT molecular complexity index is 1450. The predicted molar refractivity (Wildman–Crippen MR) is 190 cm³/mol. The maximum atomic E-state index is 15.1. The number of aliphatic hydroxyl groups is 1. The van der Waals surface area contributed by atoms with Crippen LogP contribution in [0, 0.1) is 11.8 Å². The van der Waals surface area contributed by atoms with Gasteiger partial charge in [-0.05, 0) is 82.7 Å². The lowest BCUT2D eigenvalue weighted by Crippen LogP contribution is -2.58. The van der Waals surface area contributed by atoms with Crippen LogP contribution in [0.3, 0.4) is 0 Å². The van der Waals surface area contributed by atoms with Gasteiger partial charge in [-0.25, -0.2) is 0 Å². The van der Waals surface area contributed by atoms with Gasteiger partial charge in [0.05, 0.1) is 35.8 Å². The number of hydrogen-bond acceptors (Lipinski definition) is 7. The molecular formula is C38H49N3O5S. The van der Waals surface area contributed by atoms with Crippen molar-refractivity contribution in [3.63, 3.8) is 0 Å². The molecule has 2 unspecified atom stereocenters. The zero-order chi connectivity index (χ0) is 33.8. The number of rotatable bonds is 16. The smallest absolute Gasteiger partial charge is 0.311 e. The van der Waals surface area contributed by atoms with Gasteiger partial charge in [-0.1, -0.05) is 42.5 Å². The Morgan fingerprint density at radius 1 is 1.06 bits per heavy atom. The van der Waals surface area contributed by atoms with Crippen molar-refractivity contribution in [2.45, 2.75) is 74.5 Å². The van der Waals surface area contributed by atoms with Crippen LogP contribution in [0.25, 0.3) is 0 Å². The molecule has 0 aliphatic carbocycles. The van der Waals surface area contributed by atoms with E-state index in [1.54, 1.807) is 33.7 Å². The van der Waals surface area contributed by atoms with Crippen molar-refractivity contribution >= 4 is 40.9 Å². The molecule has 0 aromatic heterocycles. The second kappa shape index (κ2) is 14.7. The zero-order valence-electron chi connectivity index (χ0n) is 28.0. The Kier molecular flexibility index (Phi) is 10.9. The summed E-state index contributed by atoms with van der Waals surface area (Å²) < 4.78 is 4.41. The highest BCUT2D eigenvalue weighted by Gasteiger charge is 2.78. The van der Waals surface area contributed by atoms with Crippen molar-refractivity contribution in [2.24, 2.45) is 11.8 Å². The van der Waals surface area contributed by atoms with E-state index in [9.17, 15) is 14.7 Å². The fraction of sp³-hybridized carbons (Fsp3) is 0.500. The van der Waals surface area contributed by atoms with E-state index < -0.39 is 33.4 Å². The first-order valence-corrected chi connectivity index (χ1v) is 17.7. The lowest BCUT2D eigenvalue weighted by molar-refractivity contribution is -0.156. The van der Waals surface area contributed by atoms with Crippen LogP contribution >= 0.6 is 11.8 Å². The highest BCUT2D eigenvalue weighted by atomic mass is 32.2. The summed E-state index contributed by atoms with van der Waals surface area (Å²) in [7, 11) is 0. The molecule has 0 saturated carbocycles. The van der Waals surface area contributed by atoms with E-state index in [-0.39, 0.29) is 37.5 Å². The molecule has 1 spiro atoms. The van der Waals surface area contributed by atoms with Crippen molar-refractivity contribution in [1.29, 1.82) is 0 Å². The Labute approximate surface area is 283 Å². The second-order valence-electron chi connectivity index (χ2n) is 13.0. The monoisotopic (exact) mass is 659 g/mol. The summed E-state index contributed by atoms with van der Waals surface area (Å²) in [6.07, 6.45) is 6.57. The zero-order valence-corrected chi connectivity index (χ0v) is 28.8. The fourth-order valence-corrected chi connectivity index (χ4v) is 10.4. The van der Waals surface area contributed by atoms with Crippen molar-refractivity contribution in [3.05, 3.63) is 85.5 Å². The molecule has 3 heterocycles. The van der Waals surface area contributed by atoms with Crippen LogP contribution in [0.5, 0.6) is 0 Å². The average Bonchev–Trinajstić information content (AvgIpc) is 3.66. The van der Waals surface area contributed by atoms with E-state index in [1.807, 2.05) is 61.5 Å². The Hall–Kier alpha value is -3.56. The third-order valence-electron chi connectivity index (χ3n) is 10.3. The minimum Gasteiger partial charge on any atom is -0.465 e. The molecule has 6 atom stereocenters. The highest BCUT2D eigenvalue weighted by molar-refractivity contribution is 8.02. The quantitative estimate of drug-likeness (QED) is 0.142. The highest BCUT2D eigenvalue weighted by Crippen LogP contribution is 2.72. The van der Waals surface area contributed by atoms with Gasteiger partial charge in [-0.3, -0.25) is 14.4 Å². The number of hydrogen-bond donors (Lipinski definition) is 1. The van der Waals surface area contributed by atoms with Gasteiger partial charge in [-0.2, -0.15) is 0 Å². The first kappa shape index (κ1) is 34.8. The van der Waals surface area contributed by atoms with Gasteiger partial charge in [0.1, 0.15) is 6.04 Å². The molecule has 2 amide bonds. The van der Waals surface area contributed by atoms with E-state index in [4.69, 9.17) is 4.74 Å². The molecule has 3 aliphatic heterocycles. The molecule has 2 aromatic carbocycles. The van der Waals surface area contributed by atoms with Gasteiger partial charge >= 0.3 is 5.97 Å². The van der Waals surface area contributed by atoms with Crippen LogP contribution in [0.1, 0.15) is 52.0 Å². The molecule has 8 nitrogen and oxygen atoms in total. The Balaban J connectivity index is 1.57. The summed E-state index contributed by atoms with van der Waals surface area (Å²) in [6.45, 7) is 15.9. The summed E-state index contributed by atoms with van der Waals surface area (Å²) in [5.41, 5.74) is 2.73. The van der Waals surface area contributed by atoms with E-state index in [2.05, 4.69) is 31.9 Å². The number of likely N-dealkylation sites (tertiary alicyclic amines) is 1. The van der Waals surface area contributed by atoms with Gasteiger partial charge in [0.2, 0.25) is 5.91 Å². The van der Waals surface area contributed by atoms with Crippen LogP contribution in [0.2, 0.25) is 0 Å². The average molecular weight is 660 g/mol. The van der Waals surface area contributed by atoms with Gasteiger partial charge in [0, 0.05) is 35.8 Å². The summed E-state index contributed by atoms with van der Waals surface area (Å²) in [5, 5.41) is 10.8. The normalized spacial score (nSPS) is 26.5. The van der Waals surface area contributed by atoms with Gasteiger partial charge in [0.15, 0.2) is 0 Å². The molecule has 3 saturated heterocycles. The molecule has 1 N–H and O–H groups in total. The molecule has 2 aromatic rings. The molecule has 9 heteroatoms. The molecule has 3 aliphatic rings. The topological polar surface area (TPSA) is 90.4 Å². The number of allylic oxidation sites excluding steroid dienone is 1. The molecular weight excluding hydrogens is 611 g/mol.